The van der Waals surface area contributed by atoms with Gasteiger partial charge in [-0.25, -0.2) is 5.43 Å². The van der Waals surface area contributed by atoms with Crippen molar-refractivity contribution < 1.29 is 24.3 Å². The zero-order valence-electron chi connectivity index (χ0n) is 15.9. The molecule has 0 heterocycles. The molecule has 0 spiro atoms. The molecule has 0 radical (unpaired) electrons. The number of rotatable bonds is 7. The number of hydrogen-bond donors (Lipinski definition) is 2. The quantitative estimate of drug-likeness (QED) is 0.428. The topological polar surface area (TPSA) is 123 Å². The average molecular weight is 387 g/mol. The molecule has 0 saturated carbocycles. The fraction of sp³-hybridized carbons (Fsp3) is 0.263. The number of amides is 1. The second-order valence-electron chi connectivity index (χ2n) is 6.17. The highest BCUT2D eigenvalue weighted by molar-refractivity contribution is 5.86. The summed E-state index contributed by atoms with van der Waals surface area (Å²) in [5, 5.41) is 24.5. The van der Waals surface area contributed by atoms with Crippen molar-refractivity contribution in [1.29, 1.82) is 0 Å². The van der Waals surface area contributed by atoms with Gasteiger partial charge in [-0.15, -0.1) is 0 Å². The van der Waals surface area contributed by atoms with Gasteiger partial charge in [0.15, 0.2) is 11.9 Å². The number of carbonyl (C=O) groups is 1. The van der Waals surface area contributed by atoms with E-state index < -0.39 is 28.4 Å². The summed E-state index contributed by atoms with van der Waals surface area (Å²) in [6.45, 7) is 5.44. The second kappa shape index (κ2) is 8.85. The molecule has 0 aliphatic rings. The van der Waals surface area contributed by atoms with E-state index in [1.807, 2.05) is 32.0 Å². The maximum Gasteiger partial charge on any atom is 0.315 e. The fourth-order valence-electron chi connectivity index (χ4n) is 2.50. The zero-order valence-corrected chi connectivity index (χ0v) is 15.9. The number of nitro benzene ring substituents is 1. The molecule has 0 saturated heterocycles. The van der Waals surface area contributed by atoms with Crippen LogP contribution >= 0.6 is 0 Å². The largest absolute Gasteiger partial charge is 0.500 e. The first-order chi connectivity index (χ1) is 13.2. The summed E-state index contributed by atoms with van der Waals surface area (Å²) >= 11 is 0. The molecule has 1 unspecified atom stereocenters. The first-order valence-corrected chi connectivity index (χ1v) is 8.34. The summed E-state index contributed by atoms with van der Waals surface area (Å²) in [4.78, 5) is 22.4. The lowest BCUT2D eigenvalue weighted by Gasteiger charge is -2.14. The van der Waals surface area contributed by atoms with Gasteiger partial charge in [-0.05, 0) is 50.1 Å². The van der Waals surface area contributed by atoms with Crippen LogP contribution in [0.4, 0.5) is 5.69 Å². The molecule has 0 fully saturated rings. The van der Waals surface area contributed by atoms with Crippen molar-refractivity contribution in [3.8, 4) is 17.2 Å². The minimum Gasteiger partial charge on any atom is -0.500 e. The standard InChI is InChI=1S/C19H21N3O6/c1-11-5-12(2)7-15(6-11)28-13(3)19(24)21-20-10-14-8-16(22(25)26)18(23)17(9-14)27-4/h5-10,13,23H,1-4H3,(H,21,24)/b20-10+. The minimum absolute atomic E-state index is 0.0755. The fourth-order valence-corrected chi connectivity index (χ4v) is 2.50. The molecule has 0 bridgehead atoms. The van der Waals surface area contributed by atoms with Gasteiger partial charge in [-0.3, -0.25) is 14.9 Å². The molecule has 2 rings (SSSR count). The molecule has 0 aliphatic heterocycles. The Bertz CT molecular complexity index is 906. The summed E-state index contributed by atoms with van der Waals surface area (Å²) in [7, 11) is 1.27. The summed E-state index contributed by atoms with van der Waals surface area (Å²) in [6, 6.07) is 8.10. The number of hydrazone groups is 1. The van der Waals surface area contributed by atoms with E-state index >= 15 is 0 Å². The number of aromatic hydroxyl groups is 1. The number of methoxy groups -OCH3 is 1. The molecule has 0 aromatic heterocycles. The number of nitrogens with zero attached hydrogens (tertiary/aromatic N) is 2. The summed E-state index contributed by atoms with van der Waals surface area (Å²) < 4.78 is 10.5. The third kappa shape index (κ3) is 5.19. The van der Waals surface area contributed by atoms with Crippen molar-refractivity contribution in [2.75, 3.05) is 7.11 Å². The van der Waals surface area contributed by atoms with Crippen molar-refractivity contribution >= 4 is 17.8 Å². The van der Waals surface area contributed by atoms with Gasteiger partial charge < -0.3 is 14.6 Å². The molecular formula is C19H21N3O6. The SMILES string of the molecule is COc1cc(/C=N/NC(=O)C(C)Oc2cc(C)cc(C)c2)cc([N+](=O)[O-])c1O. The number of hydrogen-bond acceptors (Lipinski definition) is 7. The smallest absolute Gasteiger partial charge is 0.315 e. The summed E-state index contributed by atoms with van der Waals surface area (Å²) in [5.41, 5.74) is 4.09. The lowest BCUT2D eigenvalue weighted by molar-refractivity contribution is -0.386. The number of aryl methyl sites for hydroxylation is 2. The van der Waals surface area contributed by atoms with Crippen LogP contribution in [0.25, 0.3) is 0 Å². The molecular weight excluding hydrogens is 366 g/mol. The Balaban J connectivity index is 2.06. The molecule has 2 aromatic carbocycles. The van der Waals surface area contributed by atoms with Crippen molar-refractivity contribution in [2.45, 2.75) is 26.9 Å². The van der Waals surface area contributed by atoms with Gasteiger partial charge in [0.2, 0.25) is 5.75 Å². The highest BCUT2D eigenvalue weighted by atomic mass is 16.6. The van der Waals surface area contributed by atoms with E-state index in [1.165, 1.54) is 19.4 Å². The molecule has 1 amide bonds. The molecule has 2 aromatic rings. The Kier molecular flexibility index (Phi) is 6.54. The van der Waals surface area contributed by atoms with Crippen LogP contribution in [-0.4, -0.2) is 35.4 Å². The second-order valence-corrected chi connectivity index (χ2v) is 6.17. The van der Waals surface area contributed by atoms with Crippen LogP contribution < -0.4 is 14.9 Å². The molecule has 2 N–H and O–H groups in total. The first-order valence-electron chi connectivity index (χ1n) is 8.34. The Labute approximate surface area is 161 Å². The summed E-state index contributed by atoms with van der Waals surface area (Å²) in [5.74, 6) is -0.573. The van der Waals surface area contributed by atoms with Crippen LogP contribution in [0.1, 0.15) is 23.6 Å². The third-order valence-electron chi connectivity index (χ3n) is 3.76. The normalized spacial score (nSPS) is 11.9. The number of nitro groups is 1. The van der Waals surface area contributed by atoms with E-state index in [1.54, 1.807) is 6.92 Å². The van der Waals surface area contributed by atoms with Crippen molar-refractivity contribution in [1.82, 2.24) is 5.43 Å². The van der Waals surface area contributed by atoms with Crippen molar-refractivity contribution in [2.24, 2.45) is 5.10 Å². The number of nitrogens with one attached hydrogen (secondary N) is 1. The Hall–Kier alpha value is -3.62. The van der Waals surface area contributed by atoms with E-state index in [2.05, 4.69) is 10.5 Å². The van der Waals surface area contributed by atoms with E-state index in [9.17, 15) is 20.0 Å². The Morgan fingerprint density at radius 2 is 1.89 bits per heavy atom. The number of carbonyl (C=O) groups excluding carboxylic acids is 1. The van der Waals surface area contributed by atoms with E-state index in [-0.39, 0.29) is 11.3 Å². The molecule has 28 heavy (non-hydrogen) atoms. The monoisotopic (exact) mass is 387 g/mol. The van der Waals surface area contributed by atoms with Gasteiger partial charge >= 0.3 is 5.69 Å². The molecule has 9 nitrogen and oxygen atoms in total. The summed E-state index contributed by atoms with van der Waals surface area (Å²) in [6.07, 6.45) is 0.401. The lowest BCUT2D eigenvalue weighted by atomic mass is 10.1. The Morgan fingerprint density at radius 3 is 2.46 bits per heavy atom. The third-order valence-corrected chi connectivity index (χ3v) is 3.76. The molecule has 1 atom stereocenters. The van der Waals surface area contributed by atoms with Gasteiger partial charge in [0, 0.05) is 11.6 Å². The molecule has 148 valence electrons. The number of phenols is 1. The van der Waals surface area contributed by atoms with Gasteiger partial charge in [-0.2, -0.15) is 5.10 Å². The number of phenolic OH excluding ortho intramolecular Hbond substituents is 1. The Morgan fingerprint density at radius 1 is 1.25 bits per heavy atom. The van der Waals surface area contributed by atoms with Crippen LogP contribution in [0.3, 0.4) is 0 Å². The predicted octanol–water partition coefficient (Wildman–Crippen LogP) is 2.84. The van der Waals surface area contributed by atoms with Crippen LogP contribution in [0, 0.1) is 24.0 Å². The van der Waals surface area contributed by atoms with Gasteiger partial charge in [0.1, 0.15) is 5.75 Å². The maximum absolute atomic E-state index is 12.1. The van der Waals surface area contributed by atoms with Crippen LogP contribution in [-0.2, 0) is 4.79 Å². The van der Waals surface area contributed by atoms with Crippen LogP contribution in [0.2, 0.25) is 0 Å². The lowest BCUT2D eigenvalue weighted by Crippen LogP contribution is -2.33. The number of ether oxygens (including phenoxy) is 2. The van der Waals surface area contributed by atoms with Gasteiger partial charge in [0.05, 0.1) is 18.2 Å². The minimum atomic E-state index is -0.804. The first kappa shape index (κ1) is 20.7. The average Bonchev–Trinajstić information content (AvgIpc) is 2.61. The number of benzene rings is 2. The predicted molar refractivity (Wildman–Crippen MR) is 103 cm³/mol. The highest BCUT2D eigenvalue weighted by Crippen LogP contribution is 2.36. The molecule has 9 heteroatoms. The van der Waals surface area contributed by atoms with Gasteiger partial charge in [0.25, 0.3) is 5.91 Å². The van der Waals surface area contributed by atoms with Crippen LogP contribution in [0.5, 0.6) is 17.2 Å². The van der Waals surface area contributed by atoms with E-state index in [0.29, 0.717) is 5.75 Å². The molecule has 0 aliphatic carbocycles. The van der Waals surface area contributed by atoms with Crippen molar-refractivity contribution in [3.63, 3.8) is 0 Å². The van der Waals surface area contributed by atoms with Crippen molar-refractivity contribution in [3.05, 3.63) is 57.1 Å². The van der Waals surface area contributed by atoms with Crippen LogP contribution in [0.15, 0.2) is 35.4 Å². The maximum atomic E-state index is 12.1. The zero-order chi connectivity index (χ0) is 20.8. The van der Waals surface area contributed by atoms with E-state index in [4.69, 9.17) is 9.47 Å². The highest BCUT2D eigenvalue weighted by Gasteiger charge is 2.19. The van der Waals surface area contributed by atoms with E-state index in [0.717, 1.165) is 17.2 Å². The van der Waals surface area contributed by atoms with Gasteiger partial charge in [-0.1, -0.05) is 6.07 Å².